The molecule has 6 N–H and O–H groups in total. The molecule has 1 atom stereocenters. The lowest BCUT2D eigenvalue weighted by atomic mass is 10.0. The Hall–Kier alpha value is -0.100. The lowest BCUT2D eigenvalue weighted by Gasteiger charge is -2.16. The van der Waals surface area contributed by atoms with Gasteiger partial charge in [0, 0.05) is 15.0 Å². The summed E-state index contributed by atoms with van der Waals surface area (Å²) in [6.45, 7) is 0.713. The predicted molar refractivity (Wildman–Crippen MR) is 76.1 cm³/mol. The normalized spacial score (nSPS) is 12.8. The maximum atomic E-state index is 6.11. The van der Waals surface area contributed by atoms with Crippen molar-refractivity contribution < 1.29 is 0 Å². The summed E-state index contributed by atoms with van der Waals surface area (Å²) in [7, 11) is 0. The van der Waals surface area contributed by atoms with Gasteiger partial charge in [-0.2, -0.15) is 0 Å². The number of anilines is 1. The molecule has 0 heterocycles. The quantitative estimate of drug-likeness (QED) is 0.564. The van der Waals surface area contributed by atoms with Crippen LogP contribution in [0, 0.1) is 0 Å². The Morgan fingerprint density at radius 1 is 1.19 bits per heavy atom. The van der Waals surface area contributed by atoms with Gasteiger partial charge in [-0.25, -0.2) is 0 Å². The van der Waals surface area contributed by atoms with Gasteiger partial charge in [0.05, 0.1) is 5.69 Å². The molecule has 0 spiro atoms. The van der Waals surface area contributed by atoms with E-state index in [1.54, 1.807) is 0 Å². The molecule has 0 saturated heterocycles. The summed E-state index contributed by atoms with van der Waals surface area (Å²) in [5, 5.41) is 0. The minimum absolute atomic E-state index is 0.0275. The zero-order chi connectivity index (χ0) is 12.1. The molecule has 1 aromatic rings. The second-order valence-electron chi connectivity index (χ2n) is 3.78. The van der Waals surface area contributed by atoms with Crippen molar-refractivity contribution >= 4 is 37.5 Å². The zero-order valence-corrected chi connectivity index (χ0v) is 12.2. The van der Waals surface area contributed by atoms with Crippen molar-refractivity contribution in [3.05, 3.63) is 26.6 Å². The van der Waals surface area contributed by atoms with Gasteiger partial charge in [0.1, 0.15) is 0 Å². The molecule has 0 aliphatic carbocycles. The van der Waals surface area contributed by atoms with Crippen molar-refractivity contribution in [1.29, 1.82) is 0 Å². The summed E-state index contributed by atoms with van der Waals surface area (Å²) < 4.78 is 1.86. The van der Waals surface area contributed by atoms with Gasteiger partial charge < -0.3 is 17.2 Å². The van der Waals surface area contributed by atoms with Crippen LogP contribution in [0.15, 0.2) is 21.1 Å². The Kier molecular flexibility index (Phi) is 5.75. The standard InChI is InChI=1S/C11H17Br2N3/c12-7-5-8(11(16)9(13)6-7)10(15)3-1-2-4-14/h5-6,10H,1-4,14-16H2/t10-/m1/s1. The molecule has 5 heteroatoms. The minimum atomic E-state index is -0.0275. The third kappa shape index (κ3) is 3.73. The van der Waals surface area contributed by atoms with Gasteiger partial charge in [-0.15, -0.1) is 0 Å². The number of nitrogens with two attached hydrogens (primary N) is 3. The molecule has 0 radical (unpaired) electrons. The second-order valence-corrected chi connectivity index (χ2v) is 5.55. The molecule has 0 unspecified atom stereocenters. The van der Waals surface area contributed by atoms with E-state index >= 15 is 0 Å². The molecule has 1 rings (SSSR count). The summed E-state index contributed by atoms with van der Waals surface area (Å²) in [5.74, 6) is 0. The fraction of sp³-hybridized carbons (Fsp3) is 0.455. The van der Waals surface area contributed by atoms with Crippen LogP contribution in [0.5, 0.6) is 0 Å². The lowest BCUT2D eigenvalue weighted by Crippen LogP contribution is -2.13. The highest BCUT2D eigenvalue weighted by atomic mass is 79.9. The highest BCUT2D eigenvalue weighted by Crippen LogP contribution is 2.32. The molecule has 0 aliphatic heterocycles. The van der Waals surface area contributed by atoms with Gasteiger partial charge in [-0.05, 0) is 53.0 Å². The Morgan fingerprint density at radius 3 is 2.50 bits per heavy atom. The van der Waals surface area contributed by atoms with Crippen molar-refractivity contribution in [3.63, 3.8) is 0 Å². The van der Waals surface area contributed by atoms with E-state index in [1.165, 1.54) is 0 Å². The molecule has 0 bridgehead atoms. The first-order valence-electron chi connectivity index (χ1n) is 5.26. The van der Waals surface area contributed by atoms with Crippen molar-refractivity contribution in [2.24, 2.45) is 11.5 Å². The number of unbranched alkanes of at least 4 members (excludes halogenated alkanes) is 1. The van der Waals surface area contributed by atoms with E-state index < -0.39 is 0 Å². The van der Waals surface area contributed by atoms with E-state index in [1.807, 2.05) is 12.1 Å². The van der Waals surface area contributed by atoms with Crippen molar-refractivity contribution in [3.8, 4) is 0 Å². The number of benzene rings is 1. The number of halogens is 2. The summed E-state index contributed by atoms with van der Waals surface area (Å²) in [6.07, 6.45) is 2.94. The topological polar surface area (TPSA) is 78.1 Å². The molecule has 3 nitrogen and oxygen atoms in total. The van der Waals surface area contributed by atoms with Gasteiger partial charge in [0.2, 0.25) is 0 Å². The SMILES string of the molecule is NCCCC[C@@H](N)c1cc(Br)cc(Br)c1N. The Morgan fingerprint density at radius 2 is 1.88 bits per heavy atom. The number of hydrogen-bond acceptors (Lipinski definition) is 3. The molecule has 1 aromatic carbocycles. The average molecular weight is 351 g/mol. The molecule has 0 amide bonds. The van der Waals surface area contributed by atoms with E-state index in [4.69, 9.17) is 17.2 Å². The smallest absolute Gasteiger partial charge is 0.0507 e. The van der Waals surface area contributed by atoms with Gasteiger partial charge in [0.25, 0.3) is 0 Å². The second kappa shape index (κ2) is 6.59. The van der Waals surface area contributed by atoms with Gasteiger partial charge >= 0.3 is 0 Å². The van der Waals surface area contributed by atoms with Crippen molar-refractivity contribution in [2.45, 2.75) is 25.3 Å². The lowest BCUT2D eigenvalue weighted by molar-refractivity contribution is 0.592. The van der Waals surface area contributed by atoms with Crippen LogP contribution in [0.3, 0.4) is 0 Å². The minimum Gasteiger partial charge on any atom is -0.398 e. The van der Waals surface area contributed by atoms with E-state index in [-0.39, 0.29) is 6.04 Å². The van der Waals surface area contributed by atoms with Crippen LogP contribution in [0.25, 0.3) is 0 Å². The van der Waals surface area contributed by atoms with Crippen LogP contribution < -0.4 is 17.2 Å². The maximum Gasteiger partial charge on any atom is 0.0507 e. The number of rotatable bonds is 5. The van der Waals surface area contributed by atoms with Crippen LogP contribution in [0.4, 0.5) is 5.69 Å². The Balaban J connectivity index is 2.78. The van der Waals surface area contributed by atoms with E-state index in [2.05, 4.69) is 31.9 Å². The largest absolute Gasteiger partial charge is 0.398 e. The monoisotopic (exact) mass is 349 g/mol. The first-order valence-corrected chi connectivity index (χ1v) is 6.85. The van der Waals surface area contributed by atoms with Gasteiger partial charge in [-0.3, -0.25) is 0 Å². The summed E-state index contributed by atoms with van der Waals surface area (Å²) in [4.78, 5) is 0. The first kappa shape index (κ1) is 14.0. The Labute approximate surface area is 113 Å². The maximum absolute atomic E-state index is 6.11. The molecule has 0 aliphatic rings. The van der Waals surface area contributed by atoms with Gasteiger partial charge in [0.15, 0.2) is 0 Å². The molecule has 90 valence electrons. The molecule has 0 fully saturated rings. The highest BCUT2D eigenvalue weighted by Gasteiger charge is 2.12. The Bertz CT molecular complexity index is 355. The van der Waals surface area contributed by atoms with E-state index in [0.717, 1.165) is 39.5 Å². The van der Waals surface area contributed by atoms with Crippen LogP contribution >= 0.6 is 31.9 Å². The zero-order valence-electron chi connectivity index (χ0n) is 9.05. The number of hydrogen-bond donors (Lipinski definition) is 3. The molecule has 0 aromatic heterocycles. The summed E-state index contributed by atoms with van der Waals surface area (Å²) >= 11 is 6.85. The third-order valence-corrected chi connectivity index (χ3v) is 3.61. The highest BCUT2D eigenvalue weighted by molar-refractivity contribution is 9.11. The summed E-state index contributed by atoms with van der Waals surface area (Å²) in [6, 6.07) is 3.87. The van der Waals surface area contributed by atoms with Crippen LogP contribution in [0.2, 0.25) is 0 Å². The van der Waals surface area contributed by atoms with Crippen LogP contribution in [0.1, 0.15) is 30.9 Å². The van der Waals surface area contributed by atoms with Gasteiger partial charge in [-0.1, -0.05) is 22.4 Å². The van der Waals surface area contributed by atoms with Crippen LogP contribution in [-0.4, -0.2) is 6.54 Å². The molecular formula is C11H17Br2N3. The molecule has 16 heavy (non-hydrogen) atoms. The fourth-order valence-corrected chi connectivity index (χ4v) is 2.83. The van der Waals surface area contributed by atoms with E-state index in [9.17, 15) is 0 Å². The first-order chi connectivity index (χ1) is 7.56. The predicted octanol–water partition coefficient (Wildman–Crippen LogP) is 2.92. The molecular weight excluding hydrogens is 334 g/mol. The molecule has 0 saturated carbocycles. The third-order valence-electron chi connectivity index (χ3n) is 2.50. The van der Waals surface area contributed by atoms with Crippen molar-refractivity contribution in [2.75, 3.05) is 12.3 Å². The van der Waals surface area contributed by atoms with Crippen molar-refractivity contribution in [1.82, 2.24) is 0 Å². The summed E-state index contributed by atoms with van der Waals surface area (Å²) in [5.41, 5.74) is 19.3. The van der Waals surface area contributed by atoms with E-state index in [0.29, 0.717) is 6.54 Å². The number of nitrogen functional groups attached to an aromatic ring is 1. The average Bonchev–Trinajstić information content (AvgIpc) is 2.23. The van der Waals surface area contributed by atoms with Crippen LogP contribution in [-0.2, 0) is 0 Å². The fourth-order valence-electron chi connectivity index (χ4n) is 1.58.